The number of carbonyl (C=O) groups is 1. The maximum atomic E-state index is 14.3. The number of halogens is 2. The SMILES string of the molecule is CC(C)[C@H](N)C(=O)OCn1c(=O)c(F)cn([C@H]2C[C@H](OCc3ccc(F)cc3)[C@@H](CO)O2)c1=O. The quantitative estimate of drug-likeness (QED) is 0.496. The number of rotatable bonds is 9. The van der Waals surface area contributed by atoms with Crippen LogP contribution in [0.4, 0.5) is 8.78 Å². The van der Waals surface area contributed by atoms with Gasteiger partial charge in [0, 0.05) is 6.42 Å². The van der Waals surface area contributed by atoms with Crippen molar-refractivity contribution in [3.8, 4) is 0 Å². The Bertz CT molecular complexity index is 1120. The van der Waals surface area contributed by atoms with E-state index in [-0.39, 0.29) is 18.9 Å². The fraction of sp³-hybridized carbons (Fsp3) is 0.500. The van der Waals surface area contributed by atoms with E-state index in [0.717, 1.165) is 4.57 Å². The van der Waals surface area contributed by atoms with E-state index in [4.69, 9.17) is 19.9 Å². The number of aliphatic hydroxyl groups excluding tert-OH is 1. The van der Waals surface area contributed by atoms with Gasteiger partial charge in [0.15, 0.2) is 6.73 Å². The van der Waals surface area contributed by atoms with Crippen LogP contribution in [0.15, 0.2) is 40.1 Å². The van der Waals surface area contributed by atoms with Crippen molar-refractivity contribution in [1.29, 1.82) is 0 Å². The summed E-state index contributed by atoms with van der Waals surface area (Å²) in [5.41, 5.74) is 4.12. The molecule has 1 fully saturated rings. The first-order valence-corrected chi connectivity index (χ1v) is 10.7. The van der Waals surface area contributed by atoms with E-state index in [1.54, 1.807) is 26.0 Å². The third-order valence-electron chi connectivity index (χ3n) is 5.53. The van der Waals surface area contributed by atoms with Crippen LogP contribution in [0.3, 0.4) is 0 Å². The molecular formula is C22H27F2N3O7. The van der Waals surface area contributed by atoms with Crippen LogP contribution in [0, 0.1) is 17.6 Å². The molecule has 3 N–H and O–H groups in total. The van der Waals surface area contributed by atoms with Gasteiger partial charge in [-0.25, -0.2) is 13.8 Å². The number of esters is 1. The summed E-state index contributed by atoms with van der Waals surface area (Å²) >= 11 is 0. The molecule has 0 radical (unpaired) electrons. The molecular weight excluding hydrogens is 456 g/mol. The third kappa shape index (κ3) is 5.76. The number of ether oxygens (including phenoxy) is 3. The van der Waals surface area contributed by atoms with Gasteiger partial charge >= 0.3 is 11.7 Å². The highest BCUT2D eigenvalue weighted by Gasteiger charge is 2.37. The molecule has 0 spiro atoms. The number of hydrogen-bond donors (Lipinski definition) is 2. The highest BCUT2D eigenvalue weighted by molar-refractivity contribution is 5.75. The summed E-state index contributed by atoms with van der Waals surface area (Å²) in [7, 11) is 0. The van der Waals surface area contributed by atoms with E-state index in [2.05, 4.69) is 0 Å². The molecule has 1 aliphatic rings. The second-order valence-corrected chi connectivity index (χ2v) is 8.29. The summed E-state index contributed by atoms with van der Waals surface area (Å²) in [5, 5.41) is 9.66. The van der Waals surface area contributed by atoms with Crippen molar-refractivity contribution in [2.75, 3.05) is 6.61 Å². The first-order chi connectivity index (χ1) is 16.1. The van der Waals surface area contributed by atoms with Crippen molar-refractivity contribution in [1.82, 2.24) is 9.13 Å². The summed E-state index contributed by atoms with van der Waals surface area (Å²) in [5.74, 6) is -2.75. The van der Waals surface area contributed by atoms with Crippen LogP contribution in [-0.2, 0) is 32.3 Å². The van der Waals surface area contributed by atoms with Crippen LogP contribution >= 0.6 is 0 Å². The Balaban J connectivity index is 1.76. The Hall–Kier alpha value is -2.93. The normalized spacial score (nSPS) is 21.1. The van der Waals surface area contributed by atoms with Crippen molar-refractivity contribution in [2.45, 2.75) is 58.1 Å². The number of nitrogens with two attached hydrogens (primary N) is 1. The fourth-order valence-corrected chi connectivity index (χ4v) is 3.40. The van der Waals surface area contributed by atoms with E-state index < -0.39 is 66.7 Å². The lowest BCUT2D eigenvalue weighted by Gasteiger charge is -2.18. The lowest BCUT2D eigenvalue weighted by Crippen LogP contribution is -2.44. The monoisotopic (exact) mass is 483 g/mol. The number of aliphatic hydroxyl groups is 1. The molecule has 4 atom stereocenters. The van der Waals surface area contributed by atoms with Gasteiger partial charge in [-0.05, 0) is 23.6 Å². The van der Waals surface area contributed by atoms with Gasteiger partial charge in [-0.15, -0.1) is 0 Å². The Labute approximate surface area is 193 Å². The average Bonchev–Trinajstić information content (AvgIpc) is 3.23. The van der Waals surface area contributed by atoms with Crippen LogP contribution in [0.2, 0.25) is 0 Å². The van der Waals surface area contributed by atoms with Crippen LogP contribution in [-0.4, -0.2) is 45.1 Å². The lowest BCUT2D eigenvalue weighted by molar-refractivity contribution is -0.150. The van der Waals surface area contributed by atoms with Gasteiger partial charge in [0.2, 0.25) is 5.82 Å². The number of aromatic nitrogens is 2. The lowest BCUT2D eigenvalue weighted by atomic mass is 10.1. The van der Waals surface area contributed by atoms with Gasteiger partial charge in [-0.3, -0.25) is 14.2 Å². The van der Waals surface area contributed by atoms with Gasteiger partial charge in [-0.1, -0.05) is 26.0 Å². The number of carbonyl (C=O) groups excluding carboxylic acids is 1. The summed E-state index contributed by atoms with van der Waals surface area (Å²) < 4.78 is 45.0. The van der Waals surface area contributed by atoms with E-state index >= 15 is 0 Å². The van der Waals surface area contributed by atoms with Gasteiger partial charge < -0.3 is 25.1 Å². The average molecular weight is 483 g/mol. The second kappa shape index (κ2) is 11.0. The number of nitrogens with zero attached hydrogens (tertiary/aromatic N) is 2. The molecule has 1 aromatic heterocycles. The third-order valence-corrected chi connectivity index (χ3v) is 5.53. The maximum Gasteiger partial charge on any atom is 0.336 e. The molecule has 1 aliphatic heterocycles. The van der Waals surface area contributed by atoms with E-state index in [1.165, 1.54) is 12.1 Å². The van der Waals surface area contributed by atoms with Crippen molar-refractivity contribution in [3.63, 3.8) is 0 Å². The molecule has 0 amide bonds. The van der Waals surface area contributed by atoms with E-state index in [9.17, 15) is 28.3 Å². The van der Waals surface area contributed by atoms with E-state index in [1.807, 2.05) is 0 Å². The zero-order valence-corrected chi connectivity index (χ0v) is 18.7. The molecule has 1 aromatic carbocycles. The molecule has 0 unspecified atom stereocenters. The molecule has 2 aromatic rings. The highest BCUT2D eigenvalue weighted by atomic mass is 19.1. The highest BCUT2D eigenvalue weighted by Crippen LogP contribution is 2.30. The smallest absolute Gasteiger partial charge is 0.336 e. The molecule has 0 bridgehead atoms. The molecule has 0 aliphatic carbocycles. The zero-order valence-electron chi connectivity index (χ0n) is 18.7. The fourth-order valence-electron chi connectivity index (χ4n) is 3.40. The predicted molar refractivity (Wildman–Crippen MR) is 114 cm³/mol. The van der Waals surface area contributed by atoms with Crippen molar-refractivity contribution in [2.24, 2.45) is 11.7 Å². The Morgan fingerprint density at radius 1 is 1.26 bits per heavy atom. The molecule has 2 heterocycles. The Morgan fingerprint density at radius 2 is 1.94 bits per heavy atom. The zero-order chi connectivity index (χ0) is 25.0. The van der Waals surface area contributed by atoms with Gasteiger partial charge in [0.1, 0.15) is 24.2 Å². The van der Waals surface area contributed by atoms with Crippen LogP contribution < -0.4 is 17.0 Å². The van der Waals surface area contributed by atoms with Gasteiger partial charge in [0.25, 0.3) is 5.56 Å². The topological polar surface area (TPSA) is 135 Å². The standard InChI is InChI=1S/C22H27F2N3O7/c1-12(2)19(25)21(30)33-11-27-20(29)15(24)8-26(22(27)31)18-7-16(17(9-28)34-18)32-10-13-3-5-14(23)6-4-13/h3-6,8,12,16-19,28H,7,9-11,25H2,1-2H3/t16-,17+,18+,19-/m0/s1. The van der Waals surface area contributed by atoms with E-state index in [0.29, 0.717) is 16.3 Å². The minimum Gasteiger partial charge on any atom is -0.442 e. The first kappa shape index (κ1) is 25.7. The number of benzene rings is 1. The summed E-state index contributed by atoms with van der Waals surface area (Å²) in [4.78, 5) is 37.0. The predicted octanol–water partition coefficient (Wildman–Crippen LogP) is 0.637. The molecule has 0 saturated carbocycles. The minimum atomic E-state index is -1.27. The van der Waals surface area contributed by atoms with Crippen LogP contribution in [0.1, 0.15) is 32.1 Å². The first-order valence-electron chi connectivity index (χ1n) is 10.7. The van der Waals surface area contributed by atoms with Crippen LogP contribution in [0.5, 0.6) is 0 Å². The molecule has 10 nitrogen and oxygen atoms in total. The Morgan fingerprint density at radius 3 is 2.56 bits per heavy atom. The van der Waals surface area contributed by atoms with Gasteiger partial charge in [0.05, 0.1) is 25.5 Å². The second-order valence-electron chi connectivity index (χ2n) is 8.29. The largest absolute Gasteiger partial charge is 0.442 e. The molecule has 3 rings (SSSR count). The molecule has 1 saturated heterocycles. The summed E-state index contributed by atoms with van der Waals surface area (Å²) in [6.07, 6.45) is -1.80. The molecule has 34 heavy (non-hydrogen) atoms. The number of hydrogen-bond acceptors (Lipinski definition) is 8. The minimum absolute atomic E-state index is 0.0575. The van der Waals surface area contributed by atoms with Crippen molar-refractivity contribution >= 4 is 5.97 Å². The molecule has 12 heteroatoms. The summed E-state index contributed by atoms with van der Waals surface area (Å²) in [6.45, 7) is 2.21. The summed E-state index contributed by atoms with van der Waals surface area (Å²) in [6, 6.07) is 4.66. The maximum absolute atomic E-state index is 14.3. The van der Waals surface area contributed by atoms with Crippen molar-refractivity contribution < 1.29 is 32.9 Å². The Kier molecular flexibility index (Phi) is 8.31. The van der Waals surface area contributed by atoms with Crippen LogP contribution in [0.25, 0.3) is 0 Å². The van der Waals surface area contributed by atoms with Crippen molar-refractivity contribution in [3.05, 3.63) is 68.5 Å². The van der Waals surface area contributed by atoms with Gasteiger partial charge in [-0.2, -0.15) is 4.39 Å². The molecule has 186 valence electrons.